The van der Waals surface area contributed by atoms with Crippen LogP contribution < -0.4 is 10.0 Å². The Labute approximate surface area is 114 Å². The number of benzene rings is 1. The smallest absolute Gasteiger partial charge is 0.251 e. The minimum atomic E-state index is -3.33. The van der Waals surface area contributed by atoms with Crippen LogP contribution in [0.25, 0.3) is 0 Å². The molecule has 1 aromatic rings. The van der Waals surface area contributed by atoms with Crippen LogP contribution in [0.3, 0.4) is 0 Å². The van der Waals surface area contributed by atoms with E-state index in [2.05, 4.69) is 10.0 Å². The first-order valence-corrected chi connectivity index (χ1v) is 7.90. The van der Waals surface area contributed by atoms with Crippen LogP contribution in [0.4, 0.5) is 5.69 Å². The van der Waals surface area contributed by atoms with Gasteiger partial charge in [0.25, 0.3) is 5.91 Å². The maximum absolute atomic E-state index is 11.8. The molecule has 1 aromatic carbocycles. The highest BCUT2D eigenvalue weighted by Crippen LogP contribution is 2.13. The van der Waals surface area contributed by atoms with Crippen LogP contribution in [0, 0.1) is 0 Å². The number of carbonyl (C=O) groups is 1. The van der Waals surface area contributed by atoms with Gasteiger partial charge in [0.15, 0.2) is 0 Å². The highest BCUT2D eigenvalue weighted by atomic mass is 32.2. The molecule has 0 aliphatic rings. The van der Waals surface area contributed by atoms with E-state index < -0.39 is 10.0 Å². The molecule has 5 nitrogen and oxygen atoms in total. The minimum absolute atomic E-state index is 0.0351. The molecule has 0 atom stereocenters. The van der Waals surface area contributed by atoms with Crippen LogP contribution >= 0.6 is 0 Å². The number of nitrogens with one attached hydrogen (secondary N) is 2. The SMILES string of the molecule is CCCS(=O)(=O)Nc1cccc(C(=O)NC(C)C)c1. The Kier molecular flexibility index (Phi) is 5.35. The third kappa shape index (κ3) is 5.30. The maximum Gasteiger partial charge on any atom is 0.251 e. The first kappa shape index (κ1) is 15.5. The lowest BCUT2D eigenvalue weighted by Gasteiger charge is -2.10. The summed E-state index contributed by atoms with van der Waals surface area (Å²) in [5.41, 5.74) is 0.843. The first-order chi connectivity index (χ1) is 8.84. The zero-order valence-corrected chi connectivity index (χ0v) is 12.3. The standard InChI is InChI=1S/C13H20N2O3S/c1-4-8-19(17,18)15-12-7-5-6-11(9-12)13(16)14-10(2)3/h5-7,9-10,15H,4,8H2,1-3H3,(H,14,16). The van der Waals surface area contributed by atoms with E-state index in [4.69, 9.17) is 0 Å². The van der Waals surface area contributed by atoms with Gasteiger partial charge in [-0.2, -0.15) is 0 Å². The van der Waals surface area contributed by atoms with Gasteiger partial charge in [0.05, 0.1) is 5.75 Å². The second-order valence-corrected chi connectivity index (χ2v) is 6.47. The van der Waals surface area contributed by atoms with Crippen molar-refractivity contribution >= 4 is 21.6 Å². The van der Waals surface area contributed by atoms with E-state index in [1.54, 1.807) is 25.1 Å². The number of rotatable bonds is 6. The summed E-state index contributed by atoms with van der Waals surface area (Å²) < 4.78 is 25.8. The fourth-order valence-corrected chi connectivity index (χ4v) is 2.69. The molecule has 19 heavy (non-hydrogen) atoms. The molecular formula is C13H20N2O3S. The van der Waals surface area contributed by atoms with Crippen LogP contribution in [0.2, 0.25) is 0 Å². The average molecular weight is 284 g/mol. The van der Waals surface area contributed by atoms with Gasteiger partial charge >= 0.3 is 0 Å². The maximum atomic E-state index is 11.8. The molecule has 0 radical (unpaired) electrons. The topological polar surface area (TPSA) is 75.3 Å². The van der Waals surface area contributed by atoms with Gasteiger partial charge in [0.2, 0.25) is 10.0 Å². The lowest BCUT2D eigenvalue weighted by Crippen LogP contribution is -2.30. The number of amides is 1. The molecule has 0 unspecified atom stereocenters. The molecule has 0 spiro atoms. The van der Waals surface area contributed by atoms with Gasteiger partial charge in [-0.15, -0.1) is 0 Å². The van der Waals surface area contributed by atoms with Gasteiger partial charge in [-0.05, 0) is 38.5 Å². The van der Waals surface area contributed by atoms with Gasteiger partial charge in [0.1, 0.15) is 0 Å². The fourth-order valence-electron chi connectivity index (χ4n) is 1.57. The van der Waals surface area contributed by atoms with Crippen LogP contribution in [0.1, 0.15) is 37.6 Å². The molecule has 0 aliphatic heterocycles. The zero-order chi connectivity index (χ0) is 14.5. The monoisotopic (exact) mass is 284 g/mol. The van der Waals surface area contributed by atoms with E-state index >= 15 is 0 Å². The van der Waals surface area contributed by atoms with Crippen molar-refractivity contribution in [2.75, 3.05) is 10.5 Å². The third-order valence-electron chi connectivity index (χ3n) is 2.29. The van der Waals surface area contributed by atoms with E-state index in [1.165, 1.54) is 6.07 Å². The molecule has 0 aliphatic carbocycles. The zero-order valence-electron chi connectivity index (χ0n) is 11.4. The molecule has 0 aromatic heterocycles. The predicted molar refractivity (Wildman–Crippen MR) is 76.7 cm³/mol. The van der Waals surface area contributed by atoms with Crippen molar-refractivity contribution < 1.29 is 13.2 Å². The van der Waals surface area contributed by atoms with Crippen molar-refractivity contribution in [3.63, 3.8) is 0 Å². The lowest BCUT2D eigenvalue weighted by molar-refractivity contribution is 0.0943. The molecule has 0 saturated carbocycles. The second-order valence-electron chi connectivity index (χ2n) is 4.63. The molecule has 6 heteroatoms. The third-order valence-corrected chi connectivity index (χ3v) is 3.78. The molecule has 0 bridgehead atoms. The van der Waals surface area contributed by atoms with E-state index in [9.17, 15) is 13.2 Å². The molecule has 0 heterocycles. The van der Waals surface area contributed by atoms with E-state index in [0.717, 1.165) is 0 Å². The summed E-state index contributed by atoms with van der Waals surface area (Å²) in [5.74, 6) is -0.151. The molecular weight excluding hydrogens is 264 g/mol. The number of anilines is 1. The van der Waals surface area contributed by atoms with Gasteiger partial charge in [-0.3, -0.25) is 9.52 Å². The van der Waals surface area contributed by atoms with Crippen LogP contribution in [0.15, 0.2) is 24.3 Å². The largest absolute Gasteiger partial charge is 0.350 e. The van der Waals surface area contributed by atoms with Crippen molar-refractivity contribution in [1.29, 1.82) is 0 Å². The van der Waals surface area contributed by atoms with Gasteiger partial charge in [-0.25, -0.2) is 8.42 Å². The van der Waals surface area contributed by atoms with Crippen LogP contribution in [-0.4, -0.2) is 26.1 Å². The summed E-state index contributed by atoms with van der Waals surface area (Å²) in [6.07, 6.45) is 0.545. The van der Waals surface area contributed by atoms with Crippen molar-refractivity contribution in [2.45, 2.75) is 33.2 Å². The number of carbonyl (C=O) groups excluding carboxylic acids is 1. The summed E-state index contributed by atoms with van der Waals surface area (Å²) >= 11 is 0. The number of hydrogen-bond acceptors (Lipinski definition) is 3. The van der Waals surface area contributed by atoms with Crippen LogP contribution in [-0.2, 0) is 10.0 Å². The first-order valence-electron chi connectivity index (χ1n) is 6.25. The van der Waals surface area contributed by atoms with E-state index in [0.29, 0.717) is 17.7 Å². The minimum Gasteiger partial charge on any atom is -0.350 e. The van der Waals surface area contributed by atoms with E-state index in [-0.39, 0.29) is 17.7 Å². The van der Waals surface area contributed by atoms with Gasteiger partial charge < -0.3 is 5.32 Å². The normalized spacial score (nSPS) is 11.4. The molecule has 2 N–H and O–H groups in total. The summed E-state index contributed by atoms with van der Waals surface area (Å²) in [6, 6.07) is 6.49. The summed E-state index contributed by atoms with van der Waals surface area (Å²) in [5, 5.41) is 2.76. The van der Waals surface area contributed by atoms with E-state index in [1.807, 2.05) is 13.8 Å². The Balaban J connectivity index is 2.86. The van der Waals surface area contributed by atoms with Gasteiger partial charge in [-0.1, -0.05) is 13.0 Å². The molecule has 106 valence electrons. The van der Waals surface area contributed by atoms with Crippen molar-refractivity contribution in [3.05, 3.63) is 29.8 Å². The Hall–Kier alpha value is -1.56. The highest BCUT2D eigenvalue weighted by molar-refractivity contribution is 7.92. The van der Waals surface area contributed by atoms with Crippen molar-refractivity contribution in [2.24, 2.45) is 0 Å². The predicted octanol–water partition coefficient (Wildman–Crippen LogP) is 1.98. The number of sulfonamides is 1. The quantitative estimate of drug-likeness (QED) is 0.838. The number of hydrogen-bond donors (Lipinski definition) is 2. The Morgan fingerprint density at radius 2 is 2.00 bits per heavy atom. The van der Waals surface area contributed by atoms with Gasteiger partial charge in [0, 0.05) is 17.3 Å². The van der Waals surface area contributed by atoms with Crippen molar-refractivity contribution in [3.8, 4) is 0 Å². The molecule has 1 rings (SSSR count). The molecule has 1 amide bonds. The summed E-state index contributed by atoms with van der Waals surface area (Å²) in [7, 11) is -3.33. The average Bonchev–Trinajstić information content (AvgIpc) is 2.27. The summed E-state index contributed by atoms with van der Waals surface area (Å²) in [6.45, 7) is 5.53. The highest BCUT2D eigenvalue weighted by Gasteiger charge is 2.11. The van der Waals surface area contributed by atoms with Crippen molar-refractivity contribution in [1.82, 2.24) is 5.32 Å². The molecule has 0 fully saturated rings. The fraction of sp³-hybridized carbons (Fsp3) is 0.462. The lowest BCUT2D eigenvalue weighted by atomic mass is 10.2. The Morgan fingerprint density at radius 1 is 1.32 bits per heavy atom. The Morgan fingerprint density at radius 3 is 2.58 bits per heavy atom. The summed E-state index contributed by atoms with van der Waals surface area (Å²) in [4.78, 5) is 11.8. The van der Waals surface area contributed by atoms with Crippen LogP contribution in [0.5, 0.6) is 0 Å². The molecule has 0 saturated heterocycles. The second kappa shape index (κ2) is 6.56. The Bertz CT molecular complexity index is 539.